The highest BCUT2D eigenvalue weighted by molar-refractivity contribution is 5.33. The van der Waals surface area contributed by atoms with Crippen molar-refractivity contribution < 1.29 is 4.74 Å². The van der Waals surface area contributed by atoms with Gasteiger partial charge in [-0.05, 0) is 84.2 Å². The molecule has 0 aliphatic heterocycles. The summed E-state index contributed by atoms with van der Waals surface area (Å²) in [5, 5.41) is 3.50. The van der Waals surface area contributed by atoms with Gasteiger partial charge >= 0.3 is 0 Å². The molecule has 0 aliphatic rings. The summed E-state index contributed by atoms with van der Waals surface area (Å²) in [6, 6.07) is 6.31. The number of benzene rings is 1. The highest BCUT2D eigenvalue weighted by Gasteiger charge is 2.09. The maximum Gasteiger partial charge on any atom is 0.119 e. The van der Waals surface area contributed by atoms with E-state index in [9.17, 15) is 0 Å². The largest absolute Gasteiger partial charge is 0.491 e. The number of hydrogen-bond acceptors (Lipinski definition) is 2. The predicted molar refractivity (Wildman–Crippen MR) is 83.0 cm³/mol. The number of nitrogens with one attached hydrogen (secondary N) is 1. The second-order valence-electron chi connectivity index (χ2n) is 6.49. The standard InChI is InChI=1S/C17H29NO/c1-13-9-10-16(12-14(13)2)19-15(3)8-7-11-18-17(4,5)6/h9-10,12,15,18H,7-8,11H2,1-6H3. The van der Waals surface area contributed by atoms with Gasteiger partial charge in [-0.25, -0.2) is 0 Å². The lowest BCUT2D eigenvalue weighted by atomic mass is 10.1. The quantitative estimate of drug-likeness (QED) is 0.775. The summed E-state index contributed by atoms with van der Waals surface area (Å²) in [6.07, 6.45) is 2.49. The Bertz CT molecular complexity index is 393. The zero-order valence-electron chi connectivity index (χ0n) is 13.3. The van der Waals surface area contributed by atoms with Gasteiger partial charge in [0.15, 0.2) is 0 Å². The lowest BCUT2D eigenvalue weighted by molar-refractivity contribution is 0.205. The summed E-state index contributed by atoms with van der Waals surface area (Å²) in [4.78, 5) is 0. The first-order valence-electron chi connectivity index (χ1n) is 7.27. The first kappa shape index (κ1) is 16.0. The summed E-state index contributed by atoms with van der Waals surface area (Å²) >= 11 is 0. The monoisotopic (exact) mass is 263 g/mol. The Hall–Kier alpha value is -1.02. The van der Waals surface area contributed by atoms with Crippen LogP contribution in [0.2, 0.25) is 0 Å². The normalized spacial score (nSPS) is 13.4. The zero-order valence-corrected chi connectivity index (χ0v) is 13.3. The molecule has 19 heavy (non-hydrogen) atoms. The van der Waals surface area contributed by atoms with Gasteiger partial charge in [-0.15, -0.1) is 0 Å². The van der Waals surface area contributed by atoms with E-state index in [1.807, 2.05) is 0 Å². The number of aryl methyl sites for hydroxylation is 2. The number of rotatable bonds is 6. The molecule has 0 fully saturated rings. The van der Waals surface area contributed by atoms with Crippen molar-refractivity contribution in [3.63, 3.8) is 0 Å². The Kier molecular flexibility index (Phi) is 5.86. The molecule has 0 amide bonds. The van der Waals surface area contributed by atoms with Crippen molar-refractivity contribution in [2.45, 2.75) is 66.0 Å². The molecule has 0 aliphatic carbocycles. The molecule has 2 nitrogen and oxygen atoms in total. The molecule has 1 N–H and O–H groups in total. The summed E-state index contributed by atoms with van der Waals surface area (Å²) in [5.74, 6) is 0.986. The van der Waals surface area contributed by atoms with Gasteiger partial charge in [-0.2, -0.15) is 0 Å². The fraction of sp³-hybridized carbons (Fsp3) is 0.647. The van der Waals surface area contributed by atoms with Gasteiger partial charge in [-0.3, -0.25) is 0 Å². The lowest BCUT2D eigenvalue weighted by Gasteiger charge is -2.21. The average Bonchev–Trinajstić information content (AvgIpc) is 2.28. The topological polar surface area (TPSA) is 21.3 Å². The van der Waals surface area contributed by atoms with Gasteiger partial charge in [0.05, 0.1) is 6.10 Å². The van der Waals surface area contributed by atoms with Gasteiger partial charge in [0.25, 0.3) is 0 Å². The van der Waals surface area contributed by atoms with E-state index >= 15 is 0 Å². The molecular weight excluding hydrogens is 234 g/mol. The first-order valence-corrected chi connectivity index (χ1v) is 7.27. The predicted octanol–water partition coefficient (Wildman–Crippen LogP) is 4.24. The Morgan fingerprint density at radius 1 is 1.16 bits per heavy atom. The highest BCUT2D eigenvalue weighted by Crippen LogP contribution is 2.18. The van der Waals surface area contributed by atoms with Crippen LogP contribution in [0.15, 0.2) is 18.2 Å². The van der Waals surface area contributed by atoms with E-state index in [1.165, 1.54) is 11.1 Å². The molecule has 108 valence electrons. The van der Waals surface area contributed by atoms with Crippen LogP contribution in [0.25, 0.3) is 0 Å². The van der Waals surface area contributed by atoms with Crippen LogP contribution in [0.4, 0.5) is 0 Å². The fourth-order valence-corrected chi connectivity index (χ4v) is 1.93. The zero-order chi connectivity index (χ0) is 14.5. The van der Waals surface area contributed by atoms with Crippen molar-refractivity contribution in [3.8, 4) is 5.75 Å². The van der Waals surface area contributed by atoms with E-state index in [0.717, 1.165) is 25.1 Å². The molecule has 1 unspecified atom stereocenters. The van der Waals surface area contributed by atoms with Crippen LogP contribution < -0.4 is 10.1 Å². The molecule has 1 aromatic rings. The second-order valence-corrected chi connectivity index (χ2v) is 6.49. The Labute approximate surface area is 118 Å². The number of ether oxygens (including phenoxy) is 1. The van der Waals surface area contributed by atoms with Gasteiger partial charge in [0, 0.05) is 5.54 Å². The molecule has 0 saturated heterocycles. The fourth-order valence-electron chi connectivity index (χ4n) is 1.93. The van der Waals surface area contributed by atoms with Gasteiger partial charge < -0.3 is 10.1 Å². The molecule has 0 bridgehead atoms. The lowest BCUT2D eigenvalue weighted by Crippen LogP contribution is -2.36. The third kappa shape index (κ3) is 6.63. The molecule has 1 rings (SSSR count). The van der Waals surface area contributed by atoms with Crippen molar-refractivity contribution in [3.05, 3.63) is 29.3 Å². The smallest absolute Gasteiger partial charge is 0.119 e. The molecule has 1 atom stereocenters. The molecule has 0 spiro atoms. The van der Waals surface area contributed by atoms with E-state index in [1.54, 1.807) is 0 Å². The molecule has 0 aromatic heterocycles. The van der Waals surface area contributed by atoms with Gasteiger partial charge in [0.1, 0.15) is 5.75 Å². The van der Waals surface area contributed by atoms with Crippen molar-refractivity contribution in [2.75, 3.05) is 6.54 Å². The van der Waals surface area contributed by atoms with Crippen molar-refractivity contribution >= 4 is 0 Å². The third-order valence-electron chi connectivity index (χ3n) is 3.26. The van der Waals surface area contributed by atoms with E-state index in [0.29, 0.717) is 0 Å². The molecular formula is C17H29NO. The third-order valence-corrected chi connectivity index (χ3v) is 3.26. The van der Waals surface area contributed by atoms with Crippen molar-refractivity contribution in [1.29, 1.82) is 0 Å². The summed E-state index contributed by atoms with van der Waals surface area (Å²) in [6.45, 7) is 14.0. The van der Waals surface area contributed by atoms with Crippen LogP contribution in [0.1, 0.15) is 51.7 Å². The minimum Gasteiger partial charge on any atom is -0.491 e. The van der Waals surface area contributed by atoms with Crippen LogP contribution in [0, 0.1) is 13.8 Å². The van der Waals surface area contributed by atoms with Crippen LogP contribution in [-0.4, -0.2) is 18.2 Å². The van der Waals surface area contributed by atoms with E-state index in [-0.39, 0.29) is 11.6 Å². The van der Waals surface area contributed by atoms with E-state index in [4.69, 9.17) is 4.74 Å². The maximum atomic E-state index is 5.95. The summed E-state index contributed by atoms with van der Waals surface area (Å²) < 4.78 is 5.95. The minimum atomic E-state index is 0.207. The summed E-state index contributed by atoms with van der Waals surface area (Å²) in [5.41, 5.74) is 2.81. The molecule has 0 heterocycles. The van der Waals surface area contributed by atoms with E-state index < -0.39 is 0 Å². The number of hydrogen-bond donors (Lipinski definition) is 1. The molecule has 0 radical (unpaired) electrons. The van der Waals surface area contributed by atoms with Gasteiger partial charge in [0.2, 0.25) is 0 Å². The first-order chi connectivity index (χ1) is 8.78. The highest BCUT2D eigenvalue weighted by atomic mass is 16.5. The van der Waals surface area contributed by atoms with Crippen LogP contribution in [0.3, 0.4) is 0 Å². The molecule has 0 saturated carbocycles. The Morgan fingerprint density at radius 2 is 1.84 bits per heavy atom. The molecule has 2 heteroatoms. The van der Waals surface area contributed by atoms with Crippen LogP contribution >= 0.6 is 0 Å². The maximum absolute atomic E-state index is 5.95. The van der Waals surface area contributed by atoms with Gasteiger partial charge in [-0.1, -0.05) is 6.07 Å². The van der Waals surface area contributed by atoms with Crippen molar-refractivity contribution in [1.82, 2.24) is 5.32 Å². The van der Waals surface area contributed by atoms with Crippen LogP contribution in [-0.2, 0) is 0 Å². The summed E-state index contributed by atoms with van der Waals surface area (Å²) in [7, 11) is 0. The SMILES string of the molecule is Cc1ccc(OC(C)CCCNC(C)(C)C)cc1C. The molecule has 1 aromatic carbocycles. The van der Waals surface area contributed by atoms with Crippen LogP contribution in [0.5, 0.6) is 5.75 Å². The average molecular weight is 263 g/mol. The Balaban J connectivity index is 2.31. The minimum absolute atomic E-state index is 0.207. The second kappa shape index (κ2) is 6.95. The van der Waals surface area contributed by atoms with Crippen molar-refractivity contribution in [2.24, 2.45) is 0 Å². The van der Waals surface area contributed by atoms with E-state index in [2.05, 4.69) is 65.1 Å². The Morgan fingerprint density at radius 3 is 2.42 bits per heavy atom.